The summed E-state index contributed by atoms with van der Waals surface area (Å²) in [4.78, 5) is 19.6. The van der Waals surface area contributed by atoms with Crippen molar-refractivity contribution in [2.45, 2.75) is 19.8 Å². The fraction of sp³-hybridized carbons (Fsp3) is 0.263. The summed E-state index contributed by atoms with van der Waals surface area (Å²) in [7, 11) is 1.50. The number of nitrogens with zero attached hydrogens (tertiary/aromatic N) is 1. The summed E-state index contributed by atoms with van der Waals surface area (Å²) >= 11 is 0. The number of aryl methyl sites for hydroxylation is 3. The lowest BCUT2D eigenvalue weighted by Crippen LogP contribution is -2.17. The molecule has 0 saturated carbocycles. The largest absolute Gasteiger partial charge is 0.375 e. The van der Waals surface area contributed by atoms with E-state index in [0.29, 0.717) is 0 Å². The van der Waals surface area contributed by atoms with Gasteiger partial charge in [-0.05, 0) is 48.7 Å². The van der Waals surface area contributed by atoms with E-state index in [9.17, 15) is 4.79 Å². The van der Waals surface area contributed by atoms with Crippen molar-refractivity contribution in [2.75, 3.05) is 19.0 Å². The van der Waals surface area contributed by atoms with Gasteiger partial charge in [0.25, 0.3) is 0 Å². The maximum Gasteiger partial charge on any atom is 0.250 e. The molecule has 0 aliphatic heterocycles. The van der Waals surface area contributed by atoms with Gasteiger partial charge in [0.15, 0.2) is 0 Å². The topological polar surface area (TPSA) is 67.0 Å². The van der Waals surface area contributed by atoms with E-state index in [2.05, 4.69) is 40.4 Å². The van der Waals surface area contributed by atoms with Gasteiger partial charge in [-0.3, -0.25) is 4.79 Å². The summed E-state index contributed by atoms with van der Waals surface area (Å²) in [5.74, 6) is 0.826. The van der Waals surface area contributed by atoms with Crippen molar-refractivity contribution in [1.82, 2.24) is 9.97 Å². The molecular formula is C19H21N3O2. The Bertz CT molecular complexity index is 855. The molecule has 0 bridgehead atoms. The molecule has 0 atom stereocenters. The Labute approximate surface area is 141 Å². The molecule has 0 radical (unpaired) electrons. The van der Waals surface area contributed by atoms with Gasteiger partial charge in [-0.15, -0.1) is 0 Å². The second kappa shape index (κ2) is 7.27. The second-order valence-corrected chi connectivity index (χ2v) is 5.89. The molecule has 1 aromatic heterocycles. The lowest BCUT2D eigenvalue weighted by molar-refractivity contribution is -0.119. The molecule has 0 unspecified atom stereocenters. The van der Waals surface area contributed by atoms with E-state index in [1.165, 1.54) is 12.7 Å². The van der Waals surface area contributed by atoms with Crippen LogP contribution in [0.3, 0.4) is 0 Å². The summed E-state index contributed by atoms with van der Waals surface area (Å²) in [6, 6.07) is 14.1. The Morgan fingerprint density at radius 1 is 1.21 bits per heavy atom. The van der Waals surface area contributed by atoms with E-state index in [4.69, 9.17) is 4.74 Å². The quantitative estimate of drug-likeness (QED) is 0.732. The number of fused-ring (bicyclic) bond motifs is 1. The minimum atomic E-state index is -0.151. The van der Waals surface area contributed by atoms with E-state index < -0.39 is 0 Å². The van der Waals surface area contributed by atoms with E-state index in [-0.39, 0.29) is 12.5 Å². The van der Waals surface area contributed by atoms with E-state index in [1.807, 2.05) is 24.3 Å². The minimum Gasteiger partial charge on any atom is -0.375 e. The fourth-order valence-corrected chi connectivity index (χ4v) is 2.69. The Hall–Kier alpha value is -2.66. The van der Waals surface area contributed by atoms with Gasteiger partial charge < -0.3 is 15.0 Å². The highest BCUT2D eigenvalue weighted by Crippen LogP contribution is 2.16. The molecule has 124 valence electrons. The number of hydrogen-bond acceptors (Lipinski definition) is 3. The van der Waals surface area contributed by atoms with Crippen molar-refractivity contribution >= 4 is 22.6 Å². The molecule has 3 rings (SSSR count). The molecule has 24 heavy (non-hydrogen) atoms. The maximum atomic E-state index is 11.6. The van der Waals surface area contributed by atoms with Crippen LogP contribution in [0.1, 0.15) is 17.0 Å². The number of anilines is 1. The average Bonchev–Trinajstić information content (AvgIpc) is 2.95. The Kier molecular flexibility index (Phi) is 4.91. The Balaban J connectivity index is 1.66. The van der Waals surface area contributed by atoms with Gasteiger partial charge in [0.2, 0.25) is 5.91 Å². The molecule has 0 saturated heterocycles. The smallest absolute Gasteiger partial charge is 0.250 e. The normalized spacial score (nSPS) is 10.9. The summed E-state index contributed by atoms with van der Waals surface area (Å²) in [6.45, 7) is 2.13. The number of hydrogen-bond donors (Lipinski definition) is 2. The van der Waals surface area contributed by atoms with Crippen LogP contribution in [0.2, 0.25) is 0 Å². The summed E-state index contributed by atoms with van der Waals surface area (Å²) < 4.78 is 4.82. The molecule has 2 aromatic carbocycles. The van der Waals surface area contributed by atoms with Gasteiger partial charge in [0.1, 0.15) is 12.4 Å². The number of aromatic amines is 1. The second-order valence-electron chi connectivity index (χ2n) is 5.89. The van der Waals surface area contributed by atoms with Gasteiger partial charge in [0.05, 0.1) is 11.0 Å². The molecule has 5 nitrogen and oxygen atoms in total. The molecular weight excluding hydrogens is 302 g/mol. The number of rotatable bonds is 6. The molecule has 0 aliphatic rings. The number of imidazole rings is 1. The van der Waals surface area contributed by atoms with Gasteiger partial charge >= 0.3 is 0 Å². The molecule has 2 N–H and O–H groups in total. The van der Waals surface area contributed by atoms with Gasteiger partial charge in [-0.1, -0.05) is 18.2 Å². The van der Waals surface area contributed by atoms with Crippen molar-refractivity contribution in [2.24, 2.45) is 0 Å². The summed E-state index contributed by atoms with van der Waals surface area (Å²) in [5, 5.41) is 2.82. The van der Waals surface area contributed by atoms with Crippen LogP contribution in [0.15, 0.2) is 42.5 Å². The van der Waals surface area contributed by atoms with Crippen LogP contribution in [0.4, 0.5) is 5.69 Å². The molecule has 1 heterocycles. The maximum absolute atomic E-state index is 11.6. The first-order chi connectivity index (χ1) is 11.6. The number of carbonyl (C=O) groups is 1. The first-order valence-corrected chi connectivity index (χ1v) is 7.97. The summed E-state index contributed by atoms with van der Waals surface area (Å²) in [5.41, 5.74) is 5.23. The van der Waals surface area contributed by atoms with Gasteiger partial charge in [-0.25, -0.2) is 4.98 Å². The molecule has 3 aromatic rings. The number of amides is 1. The van der Waals surface area contributed by atoms with Crippen molar-refractivity contribution in [3.63, 3.8) is 0 Å². The third-order valence-corrected chi connectivity index (χ3v) is 3.82. The van der Waals surface area contributed by atoms with E-state index >= 15 is 0 Å². The molecule has 0 fully saturated rings. The molecule has 1 amide bonds. The summed E-state index contributed by atoms with van der Waals surface area (Å²) in [6.07, 6.45) is 1.68. The lowest BCUT2D eigenvalue weighted by Gasteiger charge is -2.06. The monoisotopic (exact) mass is 323 g/mol. The van der Waals surface area contributed by atoms with Crippen LogP contribution in [-0.4, -0.2) is 29.6 Å². The van der Waals surface area contributed by atoms with Crippen LogP contribution in [0.5, 0.6) is 0 Å². The molecule has 5 heteroatoms. The number of aromatic nitrogens is 2. The zero-order chi connectivity index (χ0) is 16.9. The number of benzene rings is 2. The first-order valence-electron chi connectivity index (χ1n) is 7.97. The molecule has 0 aliphatic carbocycles. The zero-order valence-corrected chi connectivity index (χ0v) is 13.9. The van der Waals surface area contributed by atoms with Crippen LogP contribution >= 0.6 is 0 Å². The van der Waals surface area contributed by atoms with Crippen molar-refractivity contribution in [1.29, 1.82) is 0 Å². The van der Waals surface area contributed by atoms with Crippen LogP contribution in [-0.2, 0) is 22.4 Å². The first kappa shape index (κ1) is 16.2. The Morgan fingerprint density at radius 2 is 2.08 bits per heavy atom. The van der Waals surface area contributed by atoms with Crippen LogP contribution in [0, 0.1) is 6.92 Å². The molecule has 0 spiro atoms. The lowest BCUT2D eigenvalue weighted by atomic mass is 10.1. The van der Waals surface area contributed by atoms with Crippen molar-refractivity contribution < 1.29 is 9.53 Å². The van der Waals surface area contributed by atoms with Gasteiger partial charge in [0, 0.05) is 19.2 Å². The highest BCUT2D eigenvalue weighted by molar-refractivity contribution is 5.91. The fourth-order valence-electron chi connectivity index (χ4n) is 2.69. The van der Waals surface area contributed by atoms with Crippen LogP contribution < -0.4 is 5.32 Å². The minimum absolute atomic E-state index is 0.0582. The third-order valence-electron chi connectivity index (χ3n) is 3.82. The number of H-pyrrole nitrogens is 1. The van der Waals surface area contributed by atoms with E-state index in [1.54, 1.807) is 0 Å². The van der Waals surface area contributed by atoms with Crippen molar-refractivity contribution in [3.8, 4) is 0 Å². The van der Waals surface area contributed by atoms with Gasteiger partial charge in [-0.2, -0.15) is 0 Å². The SMILES string of the molecule is COCC(=O)Nc1cccc(CCc2nc3ccc(C)cc3[nH]2)c1. The highest BCUT2D eigenvalue weighted by Gasteiger charge is 2.05. The average molecular weight is 323 g/mol. The van der Waals surface area contributed by atoms with Crippen molar-refractivity contribution in [3.05, 3.63) is 59.4 Å². The Morgan fingerprint density at radius 3 is 2.92 bits per heavy atom. The predicted molar refractivity (Wildman–Crippen MR) is 95.2 cm³/mol. The zero-order valence-electron chi connectivity index (χ0n) is 13.9. The number of ether oxygens (including phenoxy) is 1. The standard InChI is InChI=1S/C19H21N3O2/c1-13-6-8-16-17(10-13)22-18(21-16)9-7-14-4-3-5-15(11-14)20-19(23)12-24-2/h3-6,8,10-11H,7,9,12H2,1-2H3,(H,20,23)(H,21,22). The predicted octanol–water partition coefficient (Wildman–Crippen LogP) is 3.24. The number of nitrogens with one attached hydrogen (secondary N) is 2. The number of methoxy groups -OCH3 is 1. The number of carbonyl (C=O) groups excluding carboxylic acids is 1. The third kappa shape index (κ3) is 4.00. The van der Waals surface area contributed by atoms with E-state index in [0.717, 1.165) is 41.0 Å². The highest BCUT2D eigenvalue weighted by atomic mass is 16.5. The van der Waals surface area contributed by atoms with Crippen LogP contribution in [0.25, 0.3) is 11.0 Å².